The monoisotopic (exact) mass is 492 g/mol. The molecule has 36 heavy (non-hydrogen) atoms. The van der Waals surface area contributed by atoms with Gasteiger partial charge in [0.15, 0.2) is 5.82 Å². The Hall–Kier alpha value is -3.95. The lowest BCUT2D eigenvalue weighted by molar-refractivity contribution is 0.0284. The van der Waals surface area contributed by atoms with Crippen molar-refractivity contribution in [2.75, 3.05) is 19.1 Å². The van der Waals surface area contributed by atoms with Gasteiger partial charge in [-0.2, -0.15) is 0 Å². The number of hydrogen-bond acceptors (Lipinski definition) is 7. The maximum absolute atomic E-state index is 13.5. The van der Waals surface area contributed by atoms with Gasteiger partial charge in [-0.15, -0.1) is 10.2 Å². The summed E-state index contributed by atoms with van der Waals surface area (Å²) < 4.78 is 12.9. The van der Waals surface area contributed by atoms with Gasteiger partial charge in [-0.25, -0.2) is 9.78 Å². The van der Waals surface area contributed by atoms with Crippen LogP contribution in [0.4, 0.5) is 10.6 Å². The molecule has 1 aliphatic heterocycles. The standard InChI is InChI=1S/C26H32N6O4/c1-16(2)32-15-27-29-23(32)21-9-8-10-22(28-21)31-14-20-17(11-18(35-7)12-19(20)24(31)33)13-30(6)25(34)36-26(3,4)5/h8-12,15-16H,13-14H2,1-7H3. The van der Waals surface area contributed by atoms with Crippen molar-refractivity contribution in [2.24, 2.45) is 0 Å². The molecule has 3 aromatic rings. The molecule has 0 aliphatic carbocycles. The average molecular weight is 493 g/mol. The van der Waals surface area contributed by atoms with Crippen molar-refractivity contribution in [1.82, 2.24) is 24.6 Å². The van der Waals surface area contributed by atoms with E-state index < -0.39 is 11.7 Å². The lowest BCUT2D eigenvalue weighted by Gasteiger charge is -2.25. The number of carbonyl (C=O) groups excluding carboxylic acids is 2. The van der Waals surface area contributed by atoms with Crippen LogP contribution in [-0.4, -0.2) is 56.4 Å². The van der Waals surface area contributed by atoms with E-state index in [-0.39, 0.29) is 18.5 Å². The third kappa shape index (κ3) is 5.02. The third-order valence-electron chi connectivity index (χ3n) is 5.83. The average Bonchev–Trinajstić information content (AvgIpc) is 3.43. The Morgan fingerprint density at radius 3 is 2.64 bits per heavy atom. The summed E-state index contributed by atoms with van der Waals surface area (Å²) >= 11 is 0. The predicted molar refractivity (Wildman–Crippen MR) is 135 cm³/mol. The van der Waals surface area contributed by atoms with Crippen LogP contribution in [0, 0.1) is 0 Å². The maximum Gasteiger partial charge on any atom is 0.410 e. The molecule has 1 aliphatic rings. The Morgan fingerprint density at radius 1 is 1.22 bits per heavy atom. The maximum atomic E-state index is 13.5. The summed E-state index contributed by atoms with van der Waals surface area (Å²) in [5, 5.41) is 8.25. The molecule has 10 heteroatoms. The zero-order valence-electron chi connectivity index (χ0n) is 21.8. The number of carbonyl (C=O) groups is 2. The molecule has 2 aromatic heterocycles. The lowest BCUT2D eigenvalue weighted by atomic mass is 10.0. The molecular formula is C26H32N6O4. The van der Waals surface area contributed by atoms with Crippen molar-refractivity contribution in [3.8, 4) is 17.3 Å². The first-order chi connectivity index (χ1) is 17.0. The Morgan fingerprint density at radius 2 is 1.97 bits per heavy atom. The van der Waals surface area contributed by atoms with Crippen LogP contribution in [0.5, 0.6) is 5.75 Å². The van der Waals surface area contributed by atoms with Gasteiger partial charge in [-0.05, 0) is 70.0 Å². The fourth-order valence-corrected chi connectivity index (χ4v) is 4.06. The fraction of sp³-hybridized carbons (Fsp3) is 0.423. The molecule has 0 radical (unpaired) electrons. The molecule has 0 unspecified atom stereocenters. The van der Waals surface area contributed by atoms with Gasteiger partial charge in [-0.3, -0.25) is 9.69 Å². The normalized spacial score (nSPS) is 13.2. The van der Waals surface area contributed by atoms with Crippen molar-refractivity contribution in [3.63, 3.8) is 0 Å². The predicted octanol–water partition coefficient (Wildman–Crippen LogP) is 4.46. The van der Waals surface area contributed by atoms with Crippen LogP contribution in [0.25, 0.3) is 11.5 Å². The molecule has 2 amide bonds. The van der Waals surface area contributed by atoms with Crippen molar-refractivity contribution < 1.29 is 19.1 Å². The summed E-state index contributed by atoms with van der Waals surface area (Å²) in [4.78, 5) is 33.9. The highest BCUT2D eigenvalue weighted by Gasteiger charge is 2.33. The third-order valence-corrected chi connectivity index (χ3v) is 5.83. The first-order valence-electron chi connectivity index (χ1n) is 11.8. The fourth-order valence-electron chi connectivity index (χ4n) is 4.06. The lowest BCUT2D eigenvalue weighted by Crippen LogP contribution is -2.34. The van der Waals surface area contributed by atoms with Crippen molar-refractivity contribution in [1.29, 1.82) is 0 Å². The highest BCUT2D eigenvalue weighted by atomic mass is 16.6. The number of aromatic nitrogens is 4. The van der Waals surface area contributed by atoms with E-state index in [2.05, 4.69) is 10.2 Å². The minimum absolute atomic E-state index is 0.162. The topological polar surface area (TPSA) is 103 Å². The molecule has 0 bridgehead atoms. The molecule has 0 saturated heterocycles. The van der Waals surface area contributed by atoms with Crippen LogP contribution in [-0.2, 0) is 17.8 Å². The number of nitrogens with zero attached hydrogens (tertiary/aromatic N) is 6. The number of ether oxygens (including phenoxy) is 2. The zero-order chi connectivity index (χ0) is 26.2. The molecular weight excluding hydrogens is 460 g/mol. The van der Waals surface area contributed by atoms with Crippen LogP contribution < -0.4 is 9.64 Å². The van der Waals surface area contributed by atoms with Gasteiger partial charge in [-0.1, -0.05) is 6.07 Å². The van der Waals surface area contributed by atoms with E-state index in [1.807, 2.05) is 57.4 Å². The van der Waals surface area contributed by atoms with Crippen molar-refractivity contribution in [2.45, 2.75) is 59.4 Å². The van der Waals surface area contributed by atoms with Crippen LogP contribution in [0.15, 0.2) is 36.7 Å². The summed E-state index contributed by atoms with van der Waals surface area (Å²) in [6.07, 6.45) is 1.23. The van der Waals surface area contributed by atoms with Gasteiger partial charge in [0, 0.05) is 25.2 Å². The van der Waals surface area contributed by atoms with Crippen molar-refractivity contribution >= 4 is 17.8 Å². The Balaban J connectivity index is 1.65. The van der Waals surface area contributed by atoms with Gasteiger partial charge in [0.25, 0.3) is 5.91 Å². The highest BCUT2D eigenvalue weighted by Crippen LogP contribution is 2.34. The summed E-state index contributed by atoms with van der Waals surface area (Å²) in [6, 6.07) is 9.25. The number of anilines is 1. The van der Waals surface area contributed by atoms with Crippen LogP contribution in [0.3, 0.4) is 0 Å². The van der Waals surface area contributed by atoms with Gasteiger partial charge in [0.2, 0.25) is 0 Å². The van der Waals surface area contributed by atoms with E-state index in [1.54, 1.807) is 37.5 Å². The molecule has 0 spiro atoms. The first-order valence-corrected chi connectivity index (χ1v) is 11.8. The van der Waals surface area contributed by atoms with E-state index in [4.69, 9.17) is 14.5 Å². The smallest absolute Gasteiger partial charge is 0.410 e. The minimum atomic E-state index is -0.606. The summed E-state index contributed by atoms with van der Waals surface area (Å²) in [6.45, 7) is 10.1. The van der Waals surface area contributed by atoms with Gasteiger partial charge in [0.05, 0.1) is 13.7 Å². The largest absolute Gasteiger partial charge is 0.497 e. The van der Waals surface area contributed by atoms with Gasteiger partial charge < -0.3 is 18.9 Å². The number of amides is 2. The van der Waals surface area contributed by atoms with E-state index in [0.717, 1.165) is 11.1 Å². The second-order valence-electron chi connectivity index (χ2n) is 10.1. The minimum Gasteiger partial charge on any atom is -0.497 e. The van der Waals surface area contributed by atoms with Crippen LogP contribution >= 0.6 is 0 Å². The second-order valence-corrected chi connectivity index (χ2v) is 10.1. The summed E-state index contributed by atoms with van der Waals surface area (Å²) in [7, 11) is 3.22. The number of pyridine rings is 1. The van der Waals surface area contributed by atoms with Crippen LogP contribution in [0.1, 0.15) is 62.1 Å². The quantitative estimate of drug-likeness (QED) is 0.501. The Labute approximate surface area is 210 Å². The highest BCUT2D eigenvalue weighted by molar-refractivity contribution is 6.10. The number of rotatable bonds is 6. The number of hydrogen-bond donors (Lipinski definition) is 0. The van der Waals surface area contributed by atoms with Crippen molar-refractivity contribution in [3.05, 3.63) is 53.3 Å². The first kappa shape index (κ1) is 25.2. The molecule has 4 rings (SSSR count). The molecule has 0 atom stereocenters. The molecule has 0 saturated carbocycles. The Kier molecular flexibility index (Phi) is 6.71. The zero-order valence-corrected chi connectivity index (χ0v) is 21.8. The van der Waals surface area contributed by atoms with E-state index in [9.17, 15) is 9.59 Å². The van der Waals surface area contributed by atoms with E-state index in [0.29, 0.717) is 35.2 Å². The number of benzene rings is 1. The molecule has 3 heterocycles. The van der Waals surface area contributed by atoms with Gasteiger partial charge >= 0.3 is 6.09 Å². The molecule has 0 N–H and O–H groups in total. The van der Waals surface area contributed by atoms with E-state index in [1.165, 1.54) is 4.90 Å². The number of methoxy groups -OCH3 is 1. The molecule has 1 aromatic carbocycles. The SMILES string of the molecule is COc1cc(CN(C)C(=O)OC(C)(C)C)c2c(c1)C(=O)N(c1cccc(-c3nncn3C(C)C)n1)C2. The molecule has 0 fully saturated rings. The summed E-state index contributed by atoms with van der Waals surface area (Å²) in [5.74, 6) is 1.51. The molecule has 10 nitrogen and oxygen atoms in total. The summed E-state index contributed by atoms with van der Waals surface area (Å²) in [5.41, 5.74) is 2.19. The molecule has 190 valence electrons. The van der Waals surface area contributed by atoms with Gasteiger partial charge in [0.1, 0.15) is 29.2 Å². The Bertz CT molecular complexity index is 1290. The van der Waals surface area contributed by atoms with E-state index >= 15 is 0 Å². The van der Waals surface area contributed by atoms with Crippen LogP contribution in [0.2, 0.25) is 0 Å². The second kappa shape index (κ2) is 9.60. The number of fused-ring (bicyclic) bond motifs is 1.